The van der Waals surface area contributed by atoms with Crippen molar-refractivity contribution in [1.29, 1.82) is 0 Å². The zero-order valence-corrected chi connectivity index (χ0v) is 10.8. The molecular weight excluding hydrogens is 375 g/mol. The Morgan fingerprint density at radius 3 is 2.41 bits per heavy atom. The van der Waals surface area contributed by atoms with Gasteiger partial charge in [0.15, 0.2) is 0 Å². The molecule has 1 aromatic heterocycles. The summed E-state index contributed by atoms with van der Waals surface area (Å²) in [5.41, 5.74) is -1.79. The number of aromatic nitrogens is 1. The van der Waals surface area contributed by atoms with E-state index in [1.54, 1.807) is 0 Å². The zero-order valence-electron chi connectivity index (χ0n) is 7.80. The smallest absolute Gasteiger partial charge is 0.258 e. The highest BCUT2D eigenvalue weighted by molar-refractivity contribution is 14.1. The molecule has 1 aromatic rings. The van der Waals surface area contributed by atoms with Gasteiger partial charge in [0.25, 0.3) is 6.43 Å². The molecule has 17 heavy (non-hydrogen) atoms. The molecular formula is C6H4F2IN3O4S. The van der Waals surface area contributed by atoms with Crippen LogP contribution < -0.4 is 5.14 Å². The van der Waals surface area contributed by atoms with Gasteiger partial charge in [-0.25, -0.2) is 27.3 Å². The fourth-order valence-corrected chi connectivity index (χ4v) is 3.35. The van der Waals surface area contributed by atoms with Crippen LogP contribution in [0.1, 0.15) is 12.1 Å². The first-order chi connectivity index (χ1) is 7.66. The minimum atomic E-state index is -4.52. The monoisotopic (exact) mass is 379 g/mol. The third-order valence-corrected chi connectivity index (χ3v) is 4.11. The summed E-state index contributed by atoms with van der Waals surface area (Å²) in [4.78, 5) is 11.6. The summed E-state index contributed by atoms with van der Waals surface area (Å²) in [5.74, 6) is 0. The molecule has 7 nitrogen and oxygen atoms in total. The van der Waals surface area contributed by atoms with Gasteiger partial charge in [-0.2, -0.15) is 0 Å². The van der Waals surface area contributed by atoms with Gasteiger partial charge in [0.05, 0.1) is 4.92 Å². The summed E-state index contributed by atoms with van der Waals surface area (Å²) < 4.78 is 46.8. The van der Waals surface area contributed by atoms with E-state index < -0.39 is 41.2 Å². The standard InChI is InChI=1S/C6H4F2IN3O4S/c7-6(8)4-5(17(10,15)16)3(9)2(1-11-4)12(13)14/h1,6H,(H2,10,15,16). The van der Waals surface area contributed by atoms with Gasteiger partial charge >= 0.3 is 5.69 Å². The molecule has 0 amide bonds. The predicted octanol–water partition coefficient (Wildman–Crippen LogP) is 1.18. The second-order valence-corrected chi connectivity index (χ2v) is 5.35. The van der Waals surface area contributed by atoms with E-state index in [1.165, 1.54) is 22.6 Å². The highest BCUT2D eigenvalue weighted by Crippen LogP contribution is 2.32. The van der Waals surface area contributed by atoms with Crippen molar-refractivity contribution >= 4 is 38.3 Å². The van der Waals surface area contributed by atoms with Gasteiger partial charge < -0.3 is 0 Å². The predicted molar refractivity (Wildman–Crippen MR) is 59.9 cm³/mol. The van der Waals surface area contributed by atoms with E-state index in [0.717, 1.165) is 0 Å². The van der Waals surface area contributed by atoms with Gasteiger partial charge in [-0.1, -0.05) is 0 Å². The summed E-state index contributed by atoms with van der Waals surface area (Å²) in [7, 11) is -4.52. The quantitative estimate of drug-likeness (QED) is 0.481. The maximum absolute atomic E-state index is 12.5. The van der Waals surface area contributed by atoms with E-state index >= 15 is 0 Å². The first-order valence-electron chi connectivity index (χ1n) is 3.80. The lowest BCUT2D eigenvalue weighted by Gasteiger charge is -2.07. The molecule has 1 heterocycles. The highest BCUT2D eigenvalue weighted by Gasteiger charge is 2.30. The van der Waals surface area contributed by atoms with Crippen molar-refractivity contribution in [3.63, 3.8) is 0 Å². The first kappa shape index (κ1) is 14.1. The first-order valence-corrected chi connectivity index (χ1v) is 6.42. The Morgan fingerprint density at radius 2 is 2.06 bits per heavy atom. The maximum Gasteiger partial charge on any atom is 0.302 e. The second kappa shape index (κ2) is 4.73. The van der Waals surface area contributed by atoms with Gasteiger partial charge in [-0.05, 0) is 22.6 Å². The highest BCUT2D eigenvalue weighted by atomic mass is 127. The van der Waals surface area contributed by atoms with Crippen LogP contribution in [0.3, 0.4) is 0 Å². The molecule has 0 aromatic carbocycles. The summed E-state index contributed by atoms with van der Waals surface area (Å²) in [6.07, 6.45) is -2.63. The van der Waals surface area contributed by atoms with Crippen molar-refractivity contribution in [3.05, 3.63) is 25.6 Å². The minimum absolute atomic E-state index is 0.486. The number of nitrogens with zero attached hydrogens (tertiary/aromatic N) is 2. The molecule has 0 unspecified atom stereocenters. The lowest BCUT2D eigenvalue weighted by Crippen LogP contribution is -2.18. The molecule has 0 radical (unpaired) electrons. The third kappa shape index (κ3) is 2.84. The van der Waals surface area contributed by atoms with Crippen molar-refractivity contribution in [2.75, 3.05) is 0 Å². The number of nitrogens with two attached hydrogens (primary N) is 1. The van der Waals surface area contributed by atoms with E-state index in [-0.39, 0.29) is 0 Å². The Morgan fingerprint density at radius 1 is 1.53 bits per heavy atom. The number of sulfonamides is 1. The minimum Gasteiger partial charge on any atom is -0.258 e. The number of rotatable bonds is 3. The number of primary sulfonamides is 1. The SMILES string of the molecule is NS(=O)(=O)c1c(C(F)F)ncc([N+](=O)[O-])c1I. The fourth-order valence-electron chi connectivity index (χ4n) is 1.03. The van der Waals surface area contributed by atoms with E-state index in [2.05, 4.69) is 4.98 Å². The topological polar surface area (TPSA) is 116 Å². The van der Waals surface area contributed by atoms with Crippen LogP contribution in [-0.4, -0.2) is 18.3 Å². The van der Waals surface area contributed by atoms with Crippen LogP contribution in [0.5, 0.6) is 0 Å². The Hall–Kier alpha value is -0.950. The normalized spacial score (nSPS) is 11.8. The van der Waals surface area contributed by atoms with E-state index in [0.29, 0.717) is 6.20 Å². The summed E-state index contributed by atoms with van der Waals surface area (Å²) in [5, 5.41) is 15.3. The third-order valence-electron chi connectivity index (χ3n) is 1.67. The molecule has 0 fully saturated rings. The molecule has 0 aliphatic rings. The number of hydrogen-bond acceptors (Lipinski definition) is 5. The molecule has 11 heteroatoms. The molecule has 2 N–H and O–H groups in total. The Balaban J connectivity index is 3.72. The molecule has 0 atom stereocenters. The summed E-state index contributed by atoms with van der Waals surface area (Å²) in [6.45, 7) is 0. The Labute approximate surface area is 107 Å². The lowest BCUT2D eigenvalue weighted by molar-refractivity contribution is -0.386. The van der Waals surface area contributed by atoms with Crippen LogP contribution in [0.4, 0.5) is 14.5 Å². The average Bonchev–Trinajstić information content (AvgIpc) is 2.14. The van der Waals surface area contributed by atoms with Crippen LogP contribution in [0.15, 0.2) is 11.1 Å². The van der Waals surface area contributed by atoms with Crippen LogP contribution in [0.25, 0.3) is 0 Å². The lowest BCUT2D eigenvalue weighted by atomic mass is 10.3. The number of alkyl halides is 2. The van der Waals surface area contributed by atoms with Crippen LogP contribution >= 0.6 is 22.6 Å². The molecule has 0 aliphatic heterocycles. The fraction of sp³-hybridized carbons (Fsp3) is 0.167. The molecule has 0 aliphatic carbocycles. The van der Waals surface area contributed by atoms with Crippen LogP contribution in [-0.2, 0) is 10.0 Å². The molecule has 94 valence electrons. The second-order valence-electron chi connectivity index (χ2n) is 2.77. The number of hydrogen-bond donors (Lipinski definition) is 1. The van der Waals surface area contributed by atoms with E-state index in [9.17, 15) is 27.3 Å². The zero-order chi connectivity index (χ0) is 13.4. The van der Waals surface area contributed by atoms with Crippen molar-refractivity contribution in [3.8, 4) is 0 Å². The Bertz CT molecular complexity index is 577. The van der Waals surface area contributed by atoms with Gasteiger partial charge in [0.2, 0.25) is 10.0 Å². The molecule has 0 saturated carbocycles. The van der Waals surface area contributed by atoms with E-state index in [1.807, 2.05) is 0 Å². The maximum atomic E-state index is 12.5. The molecule has 1 rings (SSSR count). The van der Waals surface area contributed by atoms with Gasteiger partial charge in [0, 0.05) is 0 Å². The summed E-state index contributed by atoms with van der Waals surface area (Å²) >= 11 is 1.27. The number of halogens is 3. The van der Waals surface area contributed by atoms with Crippen LogP contribution in [0, 0.1) is 13.7 Å². The molecule has 0 spiro atoms. The van der Waals surface area contributed by atoms with Crippen molar-refractivity contribution in [2.45, 2.75) is 11.3 Å². The Kier molecular flexibility index (Phi) is 3.93. The van der Waals surface area contributed by atoms with Gasteiger partial charge in [0.1, 0.15) is 20.4 Å². The van der Waals surface area contributed by atoms with Crippen LogP contribution in [0.2, 0.25) is 0 Å². The molecule has 0 bridgehead atoms. The van der Waals surface area contributed by atoms with E-state index in [4.69, 9.17) is 5.14 Å². The van der Waals surface area contributed by atoms with Gasteiger partial charge in [-0.15, -0.1) is 0 Å². The number of nitro groups is 1. The summed E-state index contributed by atoms with van der Waals surface area (Å²) in [6, 6.07) is 0. The van der Waals surface area contributed by atoms with Crippen molar-refractivity contribution in [2.24, 2.45) is 5.14 Å². The van der Waals surface area contributed by atoms with Crippen molar-refractivity contribution < 1.29 is 22.1 Å². The van der Waals surface area contributed by atoms with Gasteiger partial charge in [-0.3, -0.25) is 10.1 Å². The number of pyridine rings is 1. The molecule has 0 saturated heterocycles. The largest absolute Gasteiger partial charge is 0.302 e. The average molecular weight is 379 g/mol. The van der Waals surface area contributed by atoms with Crippen molar-refractivity contribution in [1.82, 2.24) is 4.98 Å².